The average molecular weight is 502 g/mol. The first-order valence-electron chi connectivity index (χ1n) is 8.34. The van der Waals surface area contributed by atoms with E-state index in [0.29, 0.717) is 28.5 Å². The highest BCUT2D eigenvalue weighted by molar-refractivity contribution is 14.1. The van der Waals surface area contributed by atoms with Gasteiger partial charge >= 0.3 is 6.18 Å². The quantitative estimate of drug-likeness (QED) is 0.373. The molecule has 0 saturated carbocycles. The molecule has 148 valence electrons. The molecular weight excluding hydrogens is 484 g/mol. The number of benzene rings is 2. The highest BCUT2D eigenvalue weighted by Crippen LogP contribution is 2.35. The predicted molar refractivity (Wildman–Crippen MR) is 111 cm³/mol. The van der Waals surface area contributed by atoms with Crippen molar-refractivity contribution in [3.05, 3.63) is 50.9 Å². The number of aromatic nitrogens is 2. The molecule has 9 heteroatoms. The third-order valence-corrected chi connectivity index (χ3v) is 5.08. The van der Waals surface area contributed by atoms with Crippen LogP contribution in [0.15, 0.2) is 30.3 Å². The van der Waals surface area contributed by atoms with E-state index in [1.165, 1.54) is 6.07 Å². The van der Waals surface area contributed by atoms with Crippen molar-refractivity contribution in [1.29, 1.82) is 0 Å². The van der Waals surface area contributed by atoms with E-state index >= 15 is 0 Å². The van der Waals surface area contributed by atoms with Crippen molar-refractivity contribution >= 4 is 45.0 Å². The molecule has 3 N–H and O–H groups in total. The van der Waals surface area contributed by atoms with Crippen LogP contribution in [0.2, 0.25) is 0 Å². The highest BCUT2D eigenvalue weighted by atomic mass is 127. The van der Waals surface area contributed by atoms with Crippen molar-refractivity contribution in [2.75, 3.05) is 18.2 Å². The molecule has 0 radical (unpaired) electrons. The zero-order chi connectivity index (χ0) is 20.6. The van der Waals surface area contributed by atoms with Crippen LogP contribution in [-0.2, 0) is 6.18 Å². The lowest BCUT2D eigenvalue weighted by Crippen LogP contribution is -2.13. The molecule has 0 aliphatic rings. The number of fused-ring (bicyclic) bond motifs is 1. The van der Waals surface area contributed by atoms with E-state index in [4.69, 9.17) is 10.5 Å². The molecule has 5 nitrogen and oxygen atoms in total. The number of nitrogens with zero attached hydrogens (tertiary/aromatic N) is 2. The second kappa shape index (κ2) is 7.61. The summed E-state index contributed by atoms with van der Waals surface area (Å²) in [6.07, 6.45) is -4.46. The molecule has 3 aromatic rings. The summed E-state index contributed by atoms with van der Waals surface area (Å²) in [5.74, 6) is 1.76. The molecule has 28 heavy (non-hydrogen) atoms. The Morgan fingerprint density at radius 3 is 2.50 bits per heavy atom. The van der Waals surface area contributed by atoms with E-state index in [0.717, 1.165) is 21.1 Å². The highest BCUT2D eigenvalue weighted by Gasteiger charge is 2.31. The molecule has 0 aliphatic carbocycles. The first-order valence-corrected chi connectivity index (χ1v) is 9.42. The zero-order valence-corrected chi connectivity index (χ0v) is 17.5. The second-order valence-electron chi connectivity index (χ2n) is 6.38. The Bertz CT molecular complexity index is 1040. The van der Waals surface area contributed by atoms with Gasteiger partial charge in [-0.3, -0.25) is 0 Å². The van der Waals surface area contributed by atoms with Gasteiger partial charge in [-0.1, -0.05) is 0 Å². The molecule has 1 heterocycles. The van der Waals surface area contributed by atoms with Crippen molar-refractivity contribution in [3.8, 4) is 5.75 Å². The maximum atomic E-state index is 13.1. The van der Waals surface area contributed by atoms with Crippen molar-refractivity contribution in [2.45, 2.75) is 26.1 Å². The standard InChI is InChI=1S/C19H18F3IN4O/c1-9(11-4-12(19(20,21)22)6-13(24)5-11)25-18-14-7-15(23)17(28-3)8-16(14)26-10(2)27-18/h4-9H,24H2,1-3H3,(H,25,26,27). The molecule has 0 aliphatic heterocycles. The molecule has 2 aromatic carbocycles. The maximum absolute atomic E-state index is 13.1. The zero-order valence-electron chi connectivity index (χ0n) is 15.4. The van der Waals surface area contributed by atoms with Crippen LogP contribution < -0.4 is 15.8 Å². The summed E-state index contributed by atoms with van der Waals surface area (Å²) < 4.78 is 45.5. The molecule has 0 fully saturated rings. The molecule has 1 aromatic heterocycles. The van der Waals surface area contributed by atoms with Crippen LogP contribution in [0.1, 0.15) is 29.9 Å². The topological polar surface area (TPSA) is 73.1 Å². The summed E-state index contributed by atoms with van der Waals surface area (Å²) in [6, 6.07) is 6.78. The van der Waals surface area contributed by atoms with Crippen molar-refractivity contribution in [2.24, 2.45) is 0 Å². The Morgan fingerprint density at radius 1 is 1.14 bits per heavy atom. The lowest BCUT2D eigenvalue weighted by molar-refractivity contribution is -0.137. The minimum absolute atomic E-state index is 0.0569. The van der Waals surface area contributed by atoms with Crippen LogP contribution in [-0.4, -0.2) is 17.1 Å². The van der Waals surface area contributed by atoms with E-state index in [9.17, 15) is 13.2 Å². The molecule has 0 bridgehead atoms. The van der Waals surface area contributed by atoms with Gasteiger partial charge in [0.25, 0.3) is 0 Å². The van der Waals surface area contributed by atoms with E-state index in [-0.39, 0.29) is 5.69 Å². The van der Waals surface area contributed by atoms with Crippen molar-refractivity contribution in [1.82, 2.24) is 9.97 Å². The largest absolute Gasteiger partial charge is 0.496 e. The number of rotatable bonds is 4. The first kappa shape index (κ1) is 20.4. The number of ether oxygens (including phenoxy) is 1. The van der Waals surface area contributed by atoms with Gasteiger partial charge in [0.15, 0.2) is 0 Å². The number of nitrogens with two attached hydrogens (primary N) is 1. The fraction of sp³-hybridized carbons (Fsp3) is 0.263. The van der Waals surface area contributed by atoms with E-state index in [2.05, 4.69) is 37.9 Å². The minimum atomic E-state index is -4.46. The lowest BCUT2D eigenvalue weighted by atomic mass is 10.0. The van der Waals surface area contributed by atoms with Gasteiger partial charge in [0.1, 0.15) is 17.4 Å². The number of hydrogen-bond acceptors (Lipinski definition) is 5. The molecule has 1 atom stereocenters. The third-order valence-electron chi connectivity index (χ3n) is 4.24. The Balaban J connectivity index is 2.03. The number of anilines is 2. The number of halogens is 4. The van der Waals surface area contributed by atoms with Gasteiger partial charge in [-0.05, 0) is 66.3 Å². The number of aryl methyl sites for hydroxylation is 1. The van der Waals surface area contributed by atoms with Crippen LogP contribution in [0, 0.1) is 10.5 Å². The Labute approximate surface area is 173 Å². The molecule has 0 amide bonds. The van der Waals surface area contributed by atoms with Crippen LogP contribution >= 0.6 is 22.6 Å². The van der Waals surface area contributed by atoms with Crippen LogP contribution in [0.25, 0.3) is 10.9 Å². The lowest BCUT2D eigenvalue weighted by Gasteiger charge is -2.19. The van der Waals surface area contributed by atoms with E-state index in [1.54, 1.807) is 21.0 Å². The smallest absolute Gasteiger partial charge is 0.416 e. The summed E-state index contributed by atoms with van der Waals surface area (Å²) >= 11 is 2.15. The Hall–Kier alpha value is -2.30. The van der Waals surface area contributed by atoms with Gasteiger partial charge in [0.2, 0.25) is 0 Å². The molecule has 0 spiro atoms. The van der Waals surface area contributed by atoms with Crippen molar-refractivity contribution < 1.29 is 17.9 Å². The predicted octanol–water partition coefficient (Wildman–Crippen LogP) is 5.33. The van der Waals surface area contributed by atoms with Crippen LogP contribution in [0.5, 0.6) is 5.75 Å². The summed E-state index contributed by atoms with van der Waals surface area (Å²) in [6.45, 7) is 3.51. The van der Waals surface area contributed by atoms with Gasteiger partial charge in [0.05, 0.1) is 27.8 Å². The fourth-order valence-corrected chi connectivity index (χ4v) is 3.58. The van der Waals surface area contributed by atoms with E-state index in [1.807, 2.05) is 12.1 Å². The molecule has 0 saturated heterocycles. The number of nitrogens with one attached hydrogen (secondary N) is 1. The third kappa shape index (κ3) is 4.23. The summed E-state index contributed by atoms with van der Waals surface area (Å²) in [5, 5.41) is 3.95. The van der Waals surface area contributed by atoms with Crippen LogP contribution in [0.4, 0.5) is 24.7 Å². The molecule has 3 rings (SSSR count). The number of nitrogen functional groups attached to an aromatic ring is 1. The number of methoxy groups -OCH3 is 1. The van der Waals surface area contributed by atoms with Gasteiger partial charge < -0.3 is 15.8 Å². The first-order chi connectivity index (χ1) is 13.1. The summed E-state index contributed by atoms with van der Waals surface area (Å²) in [5.41, 5.74) is 6.06. The van der Waals surface area contributed by atoms with Gasteiger partial charge in [-0.15, -0.1) is 0 Å². The summed E-state index contributed by atoms with van der Waals surface area (Å²) in [4.78, 5) is 8.86. The normalized spacial score (nSPS) is 12.8. The SMILES string of the molecule is COc1cc2nc(C)nc(NC(C)c3cc(N)cc(C(F)(F)F)c3)c2cc1I. The van der Waals surface area contributed by atoms with Gasteiger partial charge in [-0.25, -0.2) is 9.97 Å². The van der Waals surface area contributed by atoms with Crippen LogP contribution in [0.3, 0.4) is 0 Å². The maximum Gasteiger partial charge on any atom is 0.416 e. The van der Waals surface area contributed by atoms with Crippen molar-refractivity contribution in [3.63, 3.8) is 0 Å². The fourth-order valence-electron chi connectivity index (χ4n) is 2.89. The average Bonchev–Trinajstić information content (AvgIpc) is 2.60. The monoisotopic (exact) mass is 502 g/mol. The van der Waals surface area contributed by atoms with Gasteiger partial charge in [0, 0.05) is 17.1 Å². The summed E-state index contributed by atoms with van der Waals surface area (Å²) in [7, 11) is 1.58. The Kier molecular flexibility index (Phi) is 5.55. The second-order valence-corrected chi connectivity index (χ2v) is 7.54. The number of alkyl halides is 3. The van der Waals surface area contributed by atoms with E-state index < -0.39 is 17.8 Å². The van der Waals surface area contributed by atoms with Gasteiger partial charge in [-0.2, -0.15) is 13.2 Å². The Morgan fingerprint density at radius 2 is 1.86 bits per heavy atom. The molecular formula is C19H18F3IN4O. The molecule has 1 unspecified atom stereocenters. The minimum Gasteiger partial charge on any atom is -0.496 e. The number of hydrogen-bond donors (Lipinski definition) is 2.